The molecular weight excluding hydrogens is 122 g/mol. The van der Waals surface area contributed by atoms with Gasteiger partial charge in [-0.1, -0.05) is 0 Å². The average molecular weight is 126 g/mol. The predicted octanol–water partition coefficient (Wildman–Crippen LogP) is -2.91. The molecule has 0 bridgehead atoms. The van der Waals surface area contributed by atoms with E-state index < -0.39 is 9.17 Å². The molecule has 0 saturated carbocycles. The molecule has 0 unspecified atom stereocenters. The fourth-order valence-corrected chi connectivity index (χ4v) is 0. The standard InChI is InChI=1S/K.Li.H2O3Si.2H/c;;1-4(2)3;;/h;;1-2H;;. The van der Waals surface area contributed by atoms with Crippen molar-refractivity contribution in [3.05, 3.63) is 0 Å². The van der Waals surface area contributed by atoms with E-state index in [0.717, 1.165) is 0 Å². The topological polar surface area (TPSA) is 57.5 Å². The molecule has 0 spiro atoms. The second-order valence-corrected chi connectivity index (χ2v) is 0.848. The van der Waals surface area contributed by atoms with Crippen molar-refractivity contribution in [3.8, 4) is 0 Å². The third kappa shape index (κ3) is 40.2. The van der Waals surface area contributed by atoms with Crippen LogP contribution in [0, 0.1) is 0 Å². The van der Waals surface area contributed by atoms with Gasteiger partial charge in [-0.15, -0.1) is 0 Å². The summed E-state index contributed by atoms with van der Waals surface area (Å²) in [6, 6.07) is 0. The van der Waals surface area contributed by atoms with Crippen molar-refractivity contribution in [1.29, 1.82) is 0 Å². The van der Waals surface area contributed by atoms with Crippen LogP contribution in [-0.2, 0) is 4.46 Å². The molecular formula is H4KLiO3Si. The first-order valence-corrected chi connectivity index (χ1v) is 1.95. The zero-order valence-corrected chi connectivity index (χ0v) is 2.80. The van der Waals surface area contributed by atoms with E-state index in [2.05, 4.69) is 0 Å². The zero-order valence-electron chi connectivity index (χ0n) is 1.80. The van der Waals surface area contributed by atoms with Gasteiger partial charge in [-0.2, -0.15) is 0 Å². The summed E-state index contributed by atoms with van der Waals surface area (Å²) in [5.74, 6) is 0. The molecule has 0 amide bonds. The van der Waals surface area contributed by atoms with Crippen LogP contribution in [0.1, 0.15) is 0 Å². The molecule has 2 N–H and O–H groups in total. The van der Waals surface area contributed by atoms with E-state index in [0.29, 0.717) is 0 Å². The predicted molar refractivity (Wildman–Crippen MR) is 25.2 cm³/mol. The Morgan fingerprint density at radius 3 is 1.33 bits per heavy atom. The average Bonchev–Trinajstić information content (AvgIpc) is 0.811. The van der Waals surface area contributed by atoms with Gasteiger partial charge in [-0.3, -0.25) is 4.46 Å². The van der Waals surface area contributed by atoms with Gasteiger partial charge in [0.25, 0.3) is 0 Å². The molecule has 0 aromatic carbocycles. The van der Waals surface area contributed by atoms with Crippen LogP contribution < -0.4 is 0 Å². The van der Waals surface area contributed by atoms with Crippen molar-refractivity contribution in [2.45, 2.75) is 0 Å². The van der Waals surface area contributed by atoms with Crippen LogP contribution in [0.5, 0.6) is 0 Å². The summed E-state index contributed by atoms with van der Waals surface area (Å²) in [5, 5.41) is 0. The maximum absolute atomic E-state index is 8.74. The number of rotatable bonds is 0. The summed E-state index contributed by atoms with van der Waals surface area (Å²) >= 11 is 0. The Morgan fingerprint density at radius 1 is 1.33 bits per heavy atom. The van der Waals surface area contributed by atoms with Crippen LogP contribution in [-0.4, -0.2) is 89.0 Å². The minimum atomic E-state index is -3.13. The van der Waals surface area contributed by atoms with Gasteiger partial charge in [0.2, 0.25) is 0 Å². The summed E-state index contributed by atoms with van der Waals surface area (Å²) in [5.41, 5.74) is 0. The van der Waals surface area contributed by atoms with Crippen molar-refractivity contribution in [3.63, 3.8) is 0 Å². The van der Waals surface area contributed by atoms with Crippen molar-refractivity contribution in [1.82, 2.24) is 0 Å². The molecule has 0 radical (unpaired) electrons. The third-order valence-corrected chi connectivity index (χ3v) is 0. The van der Waals surface area contributed by atoms with Crippen LogP contribution in [0.4, 0.5) is 0 Å². The van der Waals surface area contributed by atoms with Crippen LogP contribution in [0.3, 0.4) is 0 Å². The summed E-state index contributed by atoms with van der Waals surface area (Å²) in [7, 11) is -3.13. The minimum absolute atomic E-state index is 0. The van der Waals surface area contributed by atoms with E-state index in [4.69, 9.17) is 14.1 Å². The first-order valence-electron chi connectivity index (χ1n) is 0.651. The molecule has 0 atom stereocenters. The van der Waals surface area contributed by atoms with Gasteiger partial charge in [-0.05, 0) is 0 Å². The fraction of sp³-hybridized carbons (Fsp3) is 0. The summed E-state index contributed by atoms with van der Waals surface area (Å²) in [6.45, 7) is 0. The van der Waals surface area contributed by atoms with Gasteiger partial charge in [0, 0.05) is 0 Å². The van der Waals surface area contributed by atoms with E-state index in [-0.39, 0.29) is 70.2 Å². The molecule has 0 rings (SSSR count). The normalized spacial score (nSPS) is 4.00. The maximum atomic E-state index is 8.74. The second kappa shape index (κ2) is 9.97. The molecule has 0 aliphatic carbocycles. The van der Waals surface area contributed by atoms with Gasteiger partial charge in [-0.25, -0.2) is 0 Å². The van der Waals surface area contributed by atoms with Crippen LogP contribution in [0.2, 0.25) is 0 Å². The van der Waals surface area contributed by atoms with Gasteiger partial charge in [0.1, 0.15) is 0 Å². The molecule has 0 aromatic rings. The molecule has 0 aliphatic rings. The first kappa shape index (κ1) is 15.7. The summed E-state index contributed by atoms with van der Waals surface area (Å²) in [6.07, 6.45) is 0. The van der Waals surface area contributed by atoms with Gasteiger partial charge < -0.3 is 9.59 Å². The summed E-state index contributed by atoms with van der Waals surface area (Å²) in [4.78, 5) is 14.3. The molecule has 0 saturated heterocycles. The Hall–Kier alpha value is 1.85. The van der Waals surface area contributed by atoms with E-state index in [1.807, 2.05) is 0 Å². The summed E-state index contributed by atoms with van der Waals surface area (Å²) < 4.78 is 8.74. The van der Waals surface area contributed by atoms with E-state index in [9.17, 15) is 0 Å². The Bertz CT molecular complexity index is 33.8. The van der Waals surface area contributed by atoms with E-state index >= 15 is 0 Å². The Morgan fingerprint density at radius 2 is 1.33 bits per heavy atom. The third-order valence-electron chi connectivity index (χ3n) is 0. The molecule has 0 aromatic heterocycles. The molecule has 0 heterocycles. The number of hydrogen-bond donors (Lipinski definition) is 2. The molecule has 0 fully saturated rings. The molecule has 6 heteroatoms. The molecule has 3 nitrogen and oxygen atoms in total. The van der Waals surface area contributed by atoms with Gasteiger partial charge in [0.05, 0.1) is 0 Å². The number of hydrogen-bond acceptors (Lipinski definition) is 1. The quantitative estimate of drug-likeness (QED) is 0.342. The fourth-order valence-electron chi connectivity index (χ4n) is 0. The van der Waals surface area contributed by atoms with Crippen molar-refractivity contribution in [2.75, 3.05) is 0 Å². The first-order chi connectivity index (χ1) is 1.73. The van der Waals surface area contributed by atoms with Crippen molar-refractivity contribution >= 4 is 79.4 Å². The monoisotopic (exact) mass is 126 g/mol. The Kier molecular flexibility index (Phi) is 26.0. The van der Waals surface area contributed by atoms with Crippen molar-refractivity contribution in [2.24, 2.45) is 0 Å². The SMILES string of the molecule is O=[Si](O)O.[KH].[LiH]. The Labute approximate surface area is 91.6 Å². The van der Waals surface area contributed by atoms with Crippen LogP contribution >= 0.6 is 0 Å². The Balaban J connectivity index is -0.0000000450. The van der Waals surface area contributed by atoms with Crippen molar-refractivity contribution < 1.29 is 14.1 Å². The van der Waals surface area contributed by atoms with Gasteiger partial charge >= 0.3 is 79.4 Å². The van der Waals surface area contributed by atoms with Gasteiger partial charge in [0.15, 0.2) is 0 Å². The van der Waals surface area contributed by atoms with E-state index in [1.165, 1.54) is 0 Å². The molecule has 6 heavy (non-hydrogen) atoms. The van der Waals surface area contributed by atoms with Crippen LogP contribution in [0.15, 0.2) is 0 Å². The van der Waals surface area contributed by atoms with E-state index in [1.54, 1.807) is 0 Å². The second-order valence-electron chi connectivity index (χ2n) is 0.283. The molecule has 28 valence electrons. The van der Waals surface area contributed by atoms with Crippen LogP contribution in [0.25, 0.3) is 0 Å². The zero-order chi connectivity index (χ0) is 3.58. The molecule has 0 aliphatic heterocycles.